The summed E-state index contributed by atoms with van der Waals surface area (Å²) in [5, 5.41) is 11.5. The molecule has 0 radical (unpaired) electrons. The Morgan fingerprint density at radius 2 is 2.16 bits per heavy atom. The van der Waals surface area contributed by atoms with Crippen LogP contribution in [-0.4, -0.2) is 33.8 Å². The summed E-state index contributed by atoms with van der Waals surface area (Å²) >= 11 is 1.62. The van der Waals surface area contributed by atoms with Gasteiger partial charge in [0.25, 0.3) is 5.91 Å². The van der Waals surface area contributed by atoms with Gasteiger partial charge < -0.3 is 5.32 Å². The van der Waals surface area contributed by atoms with Crippen LogP contribution in [0.3, 0.4) is 0 Å². The molecule has 1 atom stereocenters. The van der Waals surface area contributed by atoms with E-state index in [9.17, 15) is 4.79 Å². The second-order valence-corrected chi connectivity index (χ2v) is 7.67. The van der Waals surface area contributed by atoms with E-state index >= 15 is 0 Å². The standard InChI is InChI=1S/C17H23N5OS.ClH/c23-16(14-8-10-22(21-14)12-5-4-9-18-11-12)20-17-19-13-6-2-1-3-7-15(13)24-17;/h8,10,12,18H,1-7,9,11H2,(H,19,20,23);1H. The van der Waals surface area contributed by atoms with E-state index in [0.717, 1.165) is 38.8 Å². The number of aromatic nitrogens is 3. The minimum absolute atomic E-state index is 0. The molecule has 6 nitrogen and oxygen atoms in total. The van der Waals surface area contributed by atoms with Gasteiger partial charge in [0, 0.05) is 17.6 Å². The Hall–Kier alpha value is -1.44. The number of nitrogens with one attached hydrogen (secondary N) is 2. The summed E-state index contributed by atoms with van der Waals surface area (Å²) in [6, 6.07) is 2.14. The lowest BCUT2D eigenvalue weighted by atomic mass is 10.1. The summed E-state index contributed by atoms with van der Waals surface area (Å²) in [5.41, 5.74) is 1.64. The van der Waals surface area contributed by atoms with Crippen molar-refractivity contribution in [2.45, 2.75) is 51.0 Å². The molecule has 1 saturated heterocycles. The van der Waals surface area contributed by atoms with Crippen LogP contribution >= 0.6 is 23.7 Å². The van der Waals surface area contributed by atoms with E-state index in [1.54, 1.807) is 17.4 Å². The first-order valence-electron chi connectivity index (χ1n) is 8.85. The highest BCUT2D eigenvalue weighted by Gasteiger charge is 2.19. The Bertz CT molecular complexity index is 699. The van der Waals surface area contributed by atoms with Gasteiger partial charge in [0.1, 0.15) is 0 Å². The number of carbonyl (C=O) groups excluding carboxylic acids is 1. The second-order valence-electron chi connectivity index (χ2n) is 6.58. The summed E-state index contributed by atoms with van der Waals surface area (Å²) in [5.74, 6) is -0.165. The fourth-order valence-corrected chi connectivity index (χ4v) is 4.51. The maximum atomic E-state index is 12.5. The highest BCUT2D eigenvalue weighted by molar-refractivity contribution is 7.15. The Balaban J connectivity index is 0.00000182. The van der Waals surface area contributed by atoms with Gasteiger partial charge in [-0.15, -0.1) is 23.7 Å². The third kappa shape index (κ3) is 4.22. The lowest BCUT2D eigenvalue weighted by Gasteiger charge is -2.22. The fraction of sp³-hybridized carbons (Fsp3) is 0.588. The fourth-order valence-electron chi connectivity index (χ4n) is 3.47. The van der Waals surface area contributed by atoms with E-state index in [1.807, 2.05) is 10.9 Å². The number of hydrogen-bond acceptors (Lipinski definition) is 5. The predicted molar refractivity (Wildman–Crippen MR) is 102 cm³/mol. The van der Waals surface area contributed by atoms with Crippen molar-refractivity contribution >= 4 is 34.8 Å². The number of halogens is 1. The van der Waals surface area contributed by atoms with E-state index in [-0.39, 0.29) is 18.3 Å². The molecule has 2 aromatic heterocycles. The second kappa shape index (κ2) is 8.29. The van der Waals surface area contributed by atoms with Gasteiger partial charge in [0.2, 0.25) is 0 Å². The highest BCUT2D eigenvalue weighted by atomic mass is 35.5. The average molecular weight is 382 g/mol. The van der Waals surface area contributed by atoms with Crippen molar-refractivity contribution in [2.24, 2.45) is 0 Å². The molecule has 8 heteroatoms. The van der Waals surface area contributed by atoms with Crippen LogP contribution in [0.5, 0.6) is 0 Å². The van der Waals surface area contributed by atoms with Crippen molar-refractivity contribution in [3.05, 3.63) is 28.5 Å². The smallest absolute Gasteiger partial charge is 0.277 e. The molecule has 25 heavy (non-hydrogen) atoms. The van der Waals surface area contributed by atoms with Crippen molar-refractivity contribution in [3.63, 3.8) is 0 Å². The molecule has 2 aliphatic rings. The first kappa shape index (κ1) is 18.4. The summed E-state index contributed by atoms with van der Waals surface area (Å²) in [4.78, 5) is 18.4. The zero-order valence-electron chi connectivity index (χ0n) is 14.2. The number of aryl methyl sites for hydroxylation is 2. The summed E-state index contributed by atoms with van der Waals surface area (Å²) in [7, 11) is 0. The first-order valence-corrected chi connectivity index (χ1v) is 9.67. The molecule has 1 unspecified atom stereocenters. The maximum Gasteiger partial charge on any atom is 0.277 e. The van der Waals surface area contributed by atoms with E-state index in [2.05, 4.69) is 20.7 Å². The molecular weight excluding hydrogens is 358 g/mol. The summed E-state index contributed by atoms with van der Waals surface area (Å²) in [6.45, 7) is 1.99. The number of fused-ring (bicyclic) bond motifs is 1. The minimum atomic E-state index is -0.165. The monoisotopic (exact) mass is 381 g/mol. The van der Waals surface area contributed by atoms with Gasteiger partial charge in [-0.05, 0) is 51.1 Å². The van der Waals surface area contributed by atoms with E-state index < -0.39 is 0 Å². The van der Waals surface area contributed by atoms with Gasteiger partial charge >= 0.3 is 0 Å². The minimum Gasteiger partial charge on any atom is -0.315 e. The molecule has 2 N–H and O–H groups in total. The molecule has 1 fully saturated rings. The quantitative estimate of drug-likeness (QED) is 0.801. The molecular formula is C17H24ClN5OS. The average Bonchev–Trinajstić information content (AvgIpc) is 3.18. The van der Waals surface area contributed by atoms with Gasteiger partial charge in [0.15, 0.2) is 10.8 Å². The van der Waals surface area contributed by atoms with Crippen LogP contribution in [-0.2, 0) is 12.8 Å². The molecule has 1 aliphatic heterocycles. The Morgan fingerprint density at radius 3 is 3.00 bits per heavy atom. The van der Waals surface area contributed by atoms with E-state index in [0.29, 0.717) is 16.9 Å². The van der Waals surface area contributed by atoms with E-state index in [4.69, 9.17) is 0 Å². The number of anilines is 1. The van der Waals surface area contributed by atoms with Gasteiger partial charge in [-0.3, -0.25) is 14.8 Å². The molecule has 4 rings (SSSR count). The SMILES string of the molecule is Cl.O=C(Nc1nc2c(s1)CCCCC2)c1ccn(C2CCCNC2)n1. The molecule has 3 heterocycles. The molecule has 1 amide bonds. The topological polar surface area (TPSA) is 71.8 Å². The summed E-state index contributed by atoms with van der Waals surface area (Å²) < 4.78 is 1.91. The third-order valence-electron chi connectivity index (χ3n) is 4.80. The number of amides is 1. The number of hydrogen-bond donors (Lipinski definition) is 2. The molecule has 0 saturated carbocycles. The van der Waals surface area contributed by atoms with Crippen LogP contribution in [0.2, 0.25) is 0 Å². The van der Waals surface area contributed by atoms with Crippen molar-refractivity contribution in [1.29, 1.82) is 0 Å². The van der Waals surface area contributed by atoms with Crippen molar-refractivity contribution in [1.82, 2.24) is 20.1 Å². The molecule has 0 aromatic carbocycles. The predicted octanol–water partition coefficient (Wildman–Crippen LogP) is 3.21. The summed E-state index contributed by atoms with van der Waals surface area (Å²) in [6.07, 6.45) is 9.98. The Labute approximate surface area is 157 Å². The van der Waals surface area contributed by atoms with Gasteiger partial charge in [-0.1, -0.05) is 6.42 Å². The molecule has 1 aliphatic carbocycles. The number of piperidine rings is 1. The highest BCUT2D eigenvalue weighted by Crippen LogP contribution is 2.29. The van der Waals surface area contributed by atoms with Crippen LogP contribution in [0.1, 0.15) is 59.2 Å². The third-order valence-corrected chi connectivity index (χ3v) is 5.87. The van der Waals surface area contributed by atoms with Crippen molar-refractivity contribution in [2.75, 3.05) is 18.4 Å². The maximum absolute atomic E-state index is 12.5. The van der Waals surface area contributed by atoms with Crippen LogP contribution < -0.4 is 10.6 Å². The molecule has 136 valence electrons. The molecule has 0 bridgehead atoms. The largest absolute Gasteiger partial charge is 0.315 e. The van der Waals surface area contributed by atoms with Crippen LogP contribution in [0.25, 0.3) is 0 Å². The normalized spacial score (nSPS) is 20.2. The number of carbonyl (C=O) groups is 1. The molecule has 2 aromatic rings. The van der Waals surface area contributed by atoms with Crippen LogP contribution in [0, 0.1) is 0 Å². The number of rotatable bonds is 3. The van der Waals surface area contributed by atoms with E-state index in [1.165, 1.54) is 29.8 Å². The van der Waals surface area contributed by atoms with Gasteiger partial charge in [-0.25, -0.2) is 4.98 Å². The molecule has 0 spiro atoms. The lowest BCUT2D eigenvalue weighted by molar-refractivity contribution is 0.102. The zero-order chi connectivity index (χ0) is 16.4. The van der Waals surface area contributed by atoms with Gasteiger partial charge in [-0.2, -0.15) is 5.10 Å². The zero-order valence-corrected chi connectivity index (χ0v) is 15.8. The van der Waals surface area contributed by atoms with Crippen molar-refractivity contribution in [3.8, 4) is 0 Å². The van der Waals surface area contributed by atoms with Gasteiger partial charge in [0.05, 0.1) is 11.7 Å². The van der Waals surface area contributed by atoms with Crippen molar-refractivity contribution < 1.29 is 4.79 Å². The lowest BCUT2D eigenvalue weighted by Crippen LogP contribution is -2.32. The number of thiazole rings is 1. The Kier molecular flexibility index (Phi) is 6.09. The van der Waals surface area contributed by atoms with Crippen LogP contribution in [0.4, 0.5) is 5.13 Å². The number of nitrogens with zero attached hydrogens (tertiary/aromatic N) is 3. The van der Waals surface area contributed by atoms with Crippen LogP contribution in [0.15, 0.2) is 12.3 Å². The Morgan fingerprint density at radius 1 is 1.28 bits per heavy atom. The first-order chi connectivity index (χ1) is 11.8.